The number of rotatable bonds is 7. The van der Waals surface area contributed by atoms with Crippen LogP contribution in [0.1, 0.15) is 23.3 Å². The molecule has 28 heavy (non-hydrogen) atoms. The van der Waals surface area contributed by atoms with Gasteiger partial charge < -0.3 is 14.8 Å². The van der Waals surface area contributed by atoms with Gasteiger partial charge in [-0.3, -0.25) is 4.79 Å². The summed E-state index contributed by atoms with van der Waals surface area (Å²) in [7, 11) is -0.584. The summed E-state index contributed by atoms with van der Waals surface area (Å²) in [5.74, 6) is 0.821. The van der Waals surface area contributed by atoms with Crippen molar-refractivity contribution in [3.63, 3.8) is 0 Å². The first-order valence-corrected chi connectivity index (χ1v) is 11.2. The van der Waals surface area contributed by atoms with Crippen molar-refractivity contribution in [3.05, 3.63) is 40.8 Å². The number of para-hydroxylation sites is 1. The van der Waals surface area contributed by atoms with Crippen molar-refractivity contribution in [2.75, 3.05) is 20.8 Å². The molecule has 2 heterocycles. The van der Waals surface area contributed by atoms with Crippen LogP contribution in [-0.2, 0) is 21.4 Å². The summed E-state index contributed by atoms with van der Waals surface area (Å²) < 4.78 is 38.1. The van der Waals surface area contributed by atoms with E-state index in [-0.39, 0.29) is 16.7 Å². The van der Waals surface area contributed by atoms with Gasteiger partial charge in [0.1, 0.15) is 10.3 Å². The lowest BCUT2D eigenvalue weighted by Crippen LogP contribution is -2.45. The average Bonchev–Trinajstić information content (AvgIpc) is 3.35. The van der Waals surface area contributed by atoms with E-state index in [1.54, 1.807) is 25.3 Å². The van der Waals surface area contributed by atoms with E-state index >= 15 is 0 Å². The van der Waals surface area contributed by atoms with Gasteiger partial charge in [-0.2, -0.15) is 4.31 Å². The highest BCUT2D eigenvalue weighted by Crippen LogP contribution is 2.32. The average molecular weight is 425 g/mol. The molecule has 0 bridgehead atoms. The summed E-state index contributed by atoms with van der Waals surface area (Å²) in [6.07, 6.45) is 1.16. The van der Waals surface area contributed by atoms with Gasteiger partial charge in [-0.25, -0.2) is 8.42 Å². The van der Waals surface area contributed by atoms with Gasteiger partial charge in [0.2, 0.25) is 5.91 Å². The number of aryl methyl sites for hydroxylation is 1. The lowest BCUT2D eigenvalue weighted by atomic mass is 10.1. The Morgan fingerprint density at radius 3 is 2.68 bits per heavy atom. The maximum atomic E-state index is 12.9. The standard InChI is InChI=1S/C19H24N2O5S2/c1-13-9-10-17(27-13)28(23,24)21-11-5-7-15(21)19(22)20-12-14-6-4-8-16(25-2)18(14)26-3/h4,6,8-10,15H,5,7,11-12H2,1-3H3,(H,20,22)/t15-/m1/s1. The van der Waals surface area contributed by atoms with Crippen molar-refractivity contribution >= 4 is 27.3 Å². The Balaban J connectivity index is 1.74. The Morgan fingerprint density at radius 2 is 2.04 bits per heavy atom. The number of hydrogen-bond donors (Lipinski definition) is 1. The smallest absolute Gasteiger partial charge is 0.253 e. The fourth-order valence-corrected chi connectivity index (χ4v) is 6.42. The zero-order chi connectivity index (χ0) is 20.3. The molecular formula is C19H24N2O5S2. The molecule has 1 fully saturated rings. The number of thiophene rings is 1. The third-order valence-electron chi connectivity index (χ3n) is 4.72. The van der Waals surface area contributed by atoms with Crippen LogP contribution in [0.4, 0.5) is 0 Å². The SMILES string of the molecule is COc1cccc(CNC(=O)[C@H]2CCCN2S(=O)(=O)c2ccc(C)s2)c1OC. The Labute approximate surface area is 169 Å². The van der Waals surface area contributed by atoms with Crippen LogP contribution in [0.25, 0.3) is 0 Å². The molecule has 0 unspecified atom stereocenters. The van der Waals surface area contributed by atoms with E-state index in [0.29, 0.717) is 30.9 Å². The lowest BCUT2D eigenvalue weighted by molar-refractivity contribution is -0.124. The Bertz CT molecular complexity index is 955. The summed E-state index contributed by atoms with van der Waals surface area (Å²) >= 11 is 1.22. The van der Waals surface area contributed by atoms with E-state index in [1.165, 1.54) is 22.8 Å². The molecule has 3 rings (SSSR count). The first-order valence-electron chi connectivity index (χ1n) is 8.94. The molecule has 1 atom stereocenters. The molecule has 0 radical (unpaired) electrons. The van der Waals surface area contributed by atoms with Crippen molar-refractivity contribution in [1.29, 1.82) is 0 Å². The van der Waals surface area contributed by atoms with E-state index in [9.17, 15) is 13.2 Å². The second-order valence-corrected chi connectivity index (χ2v) is 9.91. The number of methoxy groups -OCH3 is 2. The number of carbonyl (C=O) groups excluding carboxylic acids is 1. The molecule has 152 valence electrons. The number of amides is 1. The van der Waals surface area contributed by atoms with Crippen molar-refractivity contribution in [1.82, 2.24) is 9.62 Å². The van der Waals surface area contributed by atoms with Crippen molar-refractivity contribution < 1.29 is 22.7 Å². The topological polar surface area (TPSA) is 84.9 Å². The van der Waals surface area contributed by atoms with Gasteiger partial charge in [0.05, 0.1) is 14.2 Å². The van der Waals surface area contributed by atoms with Crippen LogP contribution in [0.15, 0.2) is 34.5 Å². The number of sulfonamides is 1. The number of ether oxygens (including phenoxy) is 2. The molecule has 0 spiro atoms. The van der Waals surface area contributed by atoms with Gasteiger partial charge in [0.15, 0.2) is 11.5 Å². The van der Waals surface area contributed by atoms with E-state index in [1.807, 2.05) is 19.1 Å². The summed E-state index contributed by atoms with van der Waals surface area (Å²) in [5, 5.41) is 2.85. The highest BCUT2D eigenvalue weighted by Gasteiger charge is 2.39. The lowest BCUT2D eigenvalue weighted by Gasteiger charge is -2.23. The highest BCUT2D eigenvalue weighted by molar-refractivity contribution is 7.91. The quantitative estimate of drug-likeness (QED) is 0.738. The minimum Gasteiger partial charge on any atom is -0.493 e. The first kappa shape index (κ1) is 20.6. The maximum Gasteiger partial charge on any atom is 0.253 e. The molecule has 1 aliphatic heterocycles. The molecule has 1 aromatic heterocycles. The van der Waals surface area contributed by atoms with E-state index in [2.05, 4.69) is 5.32 Å². The first-order chi connectivity index (χ1) is 13.4. The molecule has 1 aromatic carbocycles. The van der Waals surface area contributed by atoms with Crippen LogP contribution >= 0.6 is 11.3 Å². The fraction of sp³-hybridized carbons (Fsp3) is 0.421. The summed E-state index contributed by atoms with van der Waals surface area (Å²) in [6.45, 7) is 2.43. The van der Waals surface area contributed by atoms with Crippen LogP contribution in [0.2, 0.25) is 0 Å². The zero-order valence-corrected chi connectivity index (χ0v) is 17.7. The van der Waals surface area contributed by atoms with E-state index in [0.717, 1.165) is 10.4 Å². The number of nitrogens with one attached hydrogen (secondary N) is 1. The van der Waals surface area contributed by atoms with E-state index < -0.39 is 16.1 Å². The highest BCUT2D eigenvalue weighted by atomic mass is 32.2. The van der Waals surface area contributed by atoms with Gasteiger partial charge in [0.25, 0.3) is 10.0 Å². The summed E-state index contributed by atoms with van der Waals surface area (Å²) in [4.78, 5) is 13.7. The molecule has 1 N–H and O–H groups in total. The number of hydrogen-bond acceptors (Lipinski definition) is 6. The number of nitrogens with zero attached hydrogens (tertiary/aromatic N) is 1. The predicted molar refractivity (Wildman–Crippen MR) is 107 cm³/mol. The molecular weight excluding hydrogens is 400 g/mol. The molecule has 0 saturated carbocycles. The fourth-order valence-electron chi connectivity index (χ4n) is 3.35. The van der Waals surface area contributed by atoms with Crippen LogP contribution in [0.5, 0.6) is 11.5 Å². The third-order valence-corrected chi connectivity index (χ3v) is 8.10. The van der Waals surface area contributed by atoms with Crippen LogP contribution < -0.4 is 14.8 Å². The second kappa shape index (κ2) is 8.50. The monoisotopic (exact) mass is 424 g/mol. The van der Waals surface area contributed by atoms with Crippen LogP contribution in [0, 0.1) is 6.92 Å². The molecule has 1 amide bonds. The normalized spacial score (nSPS) is 17.5. The van der Waals surface area contributed by atoms with Crippen molar-refractivity contribution in [2.24, 2.45) is 0 Å². The zero-order valence-electron chi connectivity index (χ0n) is 16.1. The summed E-state index contributed by atoms with van der Waals surface area (Å²) in [6, 6.07) is 8.09. The molecule has 1 saturated heterocycles. The van der Waals surface area contributed by atoms with Crippen molar-refractivity contribution in [2.45, 2.75) is 36.6 Å². The Morgan fingerprint density at radius 1 is 1.25 bits per heavy atom. The molecule has 0 aliphatic carbocycles. The van der Waals surface area contributed by atoms with Gasteiger partial charge in [-0.05, 0) is 38.0 Å². The van der Waals surface area contributed by atoms with Gasteiger partial charge >= 0.3 is 0 Å². The predicted octanol–water partition coefficient (Wildman–Crippen LogP) is 2.54. The second-order valence-electron chi connectivity index (χ2n) is 6.51. The van der Waals surface area contributed by atoms with Crippen molar-refractivity contribution in [3.8, 4) is 11.5 Å². The molecule has 7 nitrogen and oxygen atoms in total. The van der Waals surface area contributed by atoms with E-state index in [4.69, 9.17) is 9.47 Å². The third kappa shape index (κ3) is 4.01. The minimum absolute atomic E-state index is 0.224. The Kier molecular flexibility index (Phi) is 6.26. The van der Waals surface area contributed by atoms with Crippen LogP contribution in [0.3, 0.4) is 0 Å². The number of benzene rings is 1. The molecule has 1 aliphatic rings. The van der Waals surface area contributed by atoms with Gasteiger partial charge in [-0.15, -0.1) is 11.3 Å². The largest absolute Gasteiger partial charge is 0.493 e. The van der Waals surface area contributed by atoms with Gasteiger partial charge in [0, 0.05) is 23.5 Å². The molecule has 9 heteroatoms. The van der Waals surface area contributed by atoms with Gasteiger partial charge in [-0.1, -0.05) is 12.1 Å². The summed E-state index contributed by atoms with van der Waals surface area (Å²) in [5.41, 5.74) is 0.761. The number of carbonyl (C=O) groups is 1. The molecule has 2 aromatic rings. The Hall–Kier alpha value is -2.10. The minimum atomic E-state index is -3.67. The van der Waals surface area contributed by atoms with Crippen LogP contribution in [-0.4, -0.2) is 45.4 Å². The maximum absolute atomic E-state index is 12.9.